The minimum absolute atomic E-state index is 0.242. The minimum atomic E-state index is -1.16. The topological polar surface area (TPSA) is 75.4 Å². The first-order valence-corrected chi connectivity index (χ1v) is 8.78. The molecule has 4 rings (SSSR count). The third-order valence-corrected chi connectivity index (χ3v) is 5.08. The molecule has 0 aliphatic heterocycles. The summed E-state index contributed by atoms with van der Waals surface area (Å²) in [5, 5.41) is 12.8. The number of benzene rings is 2. The average molecular weight is 364 g/mol. The summed E-state index contributed by atoms with van der Waals surface area (Å²) in [5.74, 6) is 0.00722. The van der Waals surface area contributed by atoms with E-state index in [0.717, 1.165) is 15.6 Å². The summed E-state index contributed by atoms with van der Waals surface area (Å²) < 4.78 is 12.2. The molecule has 6 heteroatoms. The number of nitrogens with zero attached hydrogens (tertiary/aromatic N) is 1. The molecule has 0 aliphatic rings. The van der Waals surface area contributed by atoms with Gasteiger partial charge in [0.2, 0.25) is 0 Å². The van der Waals surface area contributed by atoms with Crippen molar-refractivity contribution in [1.29, 1.82) is 0 Å². The van der Waals surface area contributed by atoms with Crippen molar-refractivity contribution in [2.75, 3.05) is 7.11 Å². The maximum absolute atomic E-state index is 11.2. The van der Waals surface area contributed by atoms with Gasteiger partial charge in [0.05, 0.1) is 17.3 Å². The van der Waals surface area contributed by atoms with E-state index in [9.17, 15) is 9.90 Å². The molecule has 0 unspecified atom stereocenters. The van der Waals surface area contributed by atoms with Crippen molar-refractivity contribution in [3.63, 3.8) is 0 Å². The van der Waals surface area contributed by atoms with Gasteiger partial charge < -0.3 is 19.1 Å². The Kier molecular flexibility index (Phi) is 4.18. The first kappa shape index (κ1) is 16.4. The van der Waals surface area contributed by atoms with Crippen LogP contribution in [0, 0.1) is 0 Å². The molecule has 2 aromatic carbocycles. The number of carboxylic acids is 1. The number of aliphatic carboxylic acids is 1. The number of methoxy groups -OCH3 is 1. The number of carbonyl (C=O) groups is 1. The molecule has 0 saturated heterocycles. The molecular formula is C20H14NO4S-. The van der Waals surface area contributed by atoms with E-state index in [1.54, 1.807) is 13.2 Å². The fraction of sp³-hybridized carbons (Fsp3) is 0.100. The molecule has 0 N–H and O–H groups in total. The van der Waals surface area contributed by atoms with Gasteiger partial charge >= 0.3 is 0 Å². The van der Waals surface area contributed by atoms with Gasteiger partial charge in [-0.05, 0) is 35.9 Å². The molecule has 0 saturated carbocycles. The predicted molar refractivity (Wildman–Crippen MR) is 99.9 cm³/mol. The van der Waals surface area contributed by atoms with Crippen LogP contribution < -0.4 is 9.84 Å². The SMILES string of the molecule is COc1cccc2cc(/C=C(\CC(=O)[O-])c3nc4ccccc4s3)oc12. The van der Waals surface area contributed by atoms with Crippen molar-refractivity contribution < 1.29 is 19.1 Å². The zero-order valence-electron chi connectivity index (χ0n) is 13.9. The van der Waals surface area contributed by atoms with Gasteiger partial charge in [0.25, 0.3) is 0 Å². The molecule has 0 atom stereocenters. The summed E-state index contributed by atoms with van der Waals surface area (Å²) in [5.41, 5.74) is 2.01. The fourth-order valence-electron chi connectivity index (χ4n) is 2.81. The molecule has 26 heavy (non-hydrogen) atoms. The molecule has 4 aromatic rings. The third-order valence-electron chi connectivity index (χ3n) is 3.97. The first-order valence-electron chi connectivity index (χ1n) is 7.97. The van der Waals surface area contributed by atoms with Crippen LogP contribution in [0.1, 0.15) is 17.2 Å². The summed E-state index contributed by atoms with van der Waals surface area (Å²) in [6, 6.07) is 15.1. The number of para-hydroxylation sites is 2. The second kappa shape index (κ2) is 6.65. The molecule has 130 valence electrons. The molecule has 0 bridgehead atoms. The van der Waals surface area contributed by atoms with Crippen LogP contribution in [-0.4, -0.2) is 18.1 Å². The van der Waals surface area contributed by atoms with Gasteiger partial charge in [-0.3, -0.25) is 0 Å². The van der Waals surface area contributed by atoms with Crippen LogP contribution in [0.25, 0.3) is 32.8 Å². The molecule has 0 spiro atoms. The van der Waals surface area contributed by atoms with Gasteiger partial charge in [0.1, 0.15) is 10.8 Å². The molecule has 0 amide bonds. The van der Waals surface area contributed by atoms with Gasteiger partial charge in [-0.2, -0.15) is 0 Å². The Balaban J connectivity index is 1.82. The van der Waals surface area contributed by atoms with Crippen molar-refractivity contribution >= 4 is 50.1 Å². The van der Waals surface area contributed by atoms with E-state index >= 15 is 0 Å². The number of ether oxygens (including phenoxy) is 1. The standard InChI is InChI=1S/C20H15NO4S/c1-24-16-7-4-5-12-9-14(25-19(12)16)10-13(11-18(22)23)20-21-15-6-2-3-8-17(15)26-20/h2-10H,11H2,1H3,(H,22,23)/p-1/b13-10+. The minimum Gasteiger partial charge on any atom is -0.550 e. The largest absolute Gasteiger partial charge is 0.550 e. The van der Waals surface area contributed by atoms with Gasteiger partial charge in [0.15, 0.2) is 11.3 Å². The zero-order valence-corrected chi connectivity index (χ0v) is 14.7. The monoisotopic (exact) mass is 364 g/mol. The van der Waals surface area contributed by atoms with Crippen molar-refractivity contribution in [3.05, 3.63) is 59.3 Å². The Hall–Kier alpha value is -3.12. The summed E-state index contributed by atoms with van der Waals surface area (Å²) in [7, 11) is 1.58. The van der Waals surface area contributed by atoms with Gasteiger partial charge in [-0.15, -0.1) is 11.3 Å². The Bertz CT molecular complexity index is 1110. The first-order chi connectivity index (χ1) is 12.6. The van der Waals surface area contributed by atoms with Crippen LogP contribution in [0.5, 0.6) is 5.75 Å². The number of aromatic nitrogens is 1. The van der Waals surface area contributed by atoms with Crippen LogP contribution in [0.2, 0.25) is 0 Å². The second-order valence-electron chi connectivity index (χ2n) is 5.73. The summed E-state index contributed by atoms with van der Waals surface area (Å²) in [4.78, 5) is 15.8. The number of thiazole rings is 1. The lowest BCUT2D eigenvalue weighted by molar-refractivity contribution is -0.304. The molecule has 5 nitrogen and oxygen atoms in total. The van der Waals surface area contributed by atoms with Gasteiger partial charge in [-0.1, -0.05) is 24.3 Å². The number of fused-ring (bicyclic) bond motifs is 2. The lowest BCUT2D eigenvalue weighted by atomic mass is 10.1. The predicted octanol–water partition coefficient (Wildman–Crippen LogP) is 3.73. The van der Waals surface area contributed by atoms with E-state index in [0.29, 0.717) is 27.7 Å². The molecular weight excluding hydrogens is 350 g/mol. The maximum atomic E-state index is 11.2. The highest BCUT2D eigenvalue weighted by atomic mass is 32.1. The van der Waals surface area contributed by atoms with Crippen LogP contribution in [0.4, 0.5) is 0 Å². The summed E-state index contributed by atoms with van der Waals surface area (Å²) >= 11 is 1.44. The van der Waals surface area contributed by atoms with E-state index in [1.165, 1.54) is 11.3 Å². The molecule has 2 heterocycles. The van der Waals surface area contributed by atoms with E-state index in [2.05, 4.69) is 4.98 Å². The lowest BCUT2D eigenvalue weighted by Crippen LogP contribution is -2.22. The Labute approximate surface area is 153 Å². The van der Waals surface area contributed by atoms with Crippen LogP contribution in [0.15, 0.2) is 52.9 Å². The quantitative estimate of drug-likeness (QED) is 0.539. The number of rotatable bonds is 5. The van der Waals surface area contributed by atoms with E-state index in [4.69, 9.17) is 9.15 Å². The van der Waals surface area contributed by atoms with E-state index < -0.39 is 5.97 Å². The van der Waals surface area contributed by atoms with Crippen LogP contribution >= 0.6 is 11.3 Å². The van der Waals surface area contributed by atoms with Crippen molar-refractivity contribution in [2.24, 2.45) is 0 Å². The normalized spacial score (nSPS) is 12.0. The highest BCUT2D eigenvalue weighted by Gasteiger charge is 2.12. The zero-order chi connectivity index (χ0) is 18.1. The highest BCUT2D eigenvalue weighted by Crippen LogP contribution is 2.33. The maximum Gasteiger partial charge on any atom is 0.176 e. The van der Waals surface area contributed by atoms with Crippen LogP contribution in [-0.2, 0) is 4.79 Å². The Morgan fingerprint density at radius 3 is 2.88 bits per heavy atom. The highest BCUT2D eigenvalue weighted by molar-refractivity contribution is 7.19. The Morgan fingerprint density at radius 2 is 2.12 bits per heavy atom. The number of carbonyl (C=O) groups excluding carboxylic acids is 1. The van der Waals surface area contributed by atoms with E-state index in [-0.39, 0.29) is 6.42 Å². The number of hydrogen-bond donors (Lipinski definition) is 0. The molecule has 0 radical (unpaired) electrons. The summed E-state index contributed by atoms with van der Waals surface area (Å²) in [6.45, 7) is 0. The smallest absolute Gasteiger partial charge is 0.176 e. The van der Waals surface area contributed by atoms with Crippen molar-refractivity contribution in [3.8, 4) is 5.75 Å². The third kappa shape index (κ3) is 3.07. The lowest BCUT2D eigenvalue weighted by Gasteiger charge is -2.04. The number of furan rings is 1. The van der Waals surface area contributed by atoms with Crippen molar-refractivity contribution in [2.45, 2.75) is 6.42 Å². The Morgan fingerprint density at radius 1 is 1.27 bits per heavy atom. The molecule has 0 aliphatic carbocycles. The molecule has 0 fully saturated rings. The number of carboxylic acid groups (broad SMARTS) is 1. The average Bonchev–Trinajstić information content (AvgIpc) is 3.23. The fourth-order valence-corrected chi connectivity index (χ4v) is 3.79. The second-order valence-corrected chi connectivity index (χ2v) is 6.76. The van der Waals surface area contributed by atoms with Gasteiger partial charge in [-0.25, -0.2) is 4.98 Å². The number of hydrogen-bond acceptors (Lipinski definition) is 6. The van der Waals surface area contributed by atoms with Gasteiger partial charge in [0, 0.05) is 17.8 Å². The summed E-state index contributed by atoms with van der Waals surface area (Å²) in [6.07, 6.45) is 1.46. The molecule has 2 aromatic heterocycles. The van der Waals surface area contributed by atoms with Crippen molar-refractivity contribution in [1.82, 2.24) is 4.98 Å². The van der Waals surface area contributed by atoms with E-state index in [1.807, 2.05) is 48.5 Å². The van der Waals surface area contributed by atoms with Crippen LogP contribution in [0.3, 0.4) is 0 Å².